The van der Waals surface area contributed by atoms with Crippen molar-refractivity contribution in [2.75, 3.05) is 13.2 Å². The van der Waals surface area contributed by atoms with E-state index in [1.54, 1.807) is 29.5 Å². The molecule has 0 aliphatic carbocycles. The van der Waals surface area contributed by atoms with Crippen molar-refractivity contribution in [2.24, 2.45) is 0 Å². The molecule has 2 aromatic heterocycles. The number of benzene rings is 2. The Labute approximate surface area is 210 Å². The van der Waals surface area contributed by atoms with E-state index in [1.807, 2.05) is 71.8 Å². The number of carbonyl (C=O) groups is 3. The van der Waals surface area contributed by atoms with E-state index in [4.69, 9.17) is 4.74 Å². The number of fused-ring (bicyclic) bond motifs is 1. The van der Waals surface area contributed by atoms with Crippen LogP contribution in [0.4, 0.5) is 0 Å². The maximum absolute atomic E-state index is 13.5. The van der Waals surface area contributed by atoms with Crippen LogP contribution in [0, 0.1) is 0 Å². The highest BCUT2D eigenvalue weighted by atomic mass is 16.5. The molecule has 3 heterocycles. The lowest BCUT2D eigenvalue weighted by Gasteiger charge is -2.36. The largest absolute Gasteiger partial charge is 0.462 e. The lowest BCUT2D eigenvalue weighted by Crippen LogP contribution is -2.38. The number of hydrogen-bond donors (Lipinski definition) is 0. The number of piperidine rings is 1. The fraction of sp³-hybridized carbons (Fsp3) is 0.233. The molecule has 1 amide bonds. The number of nitrogens with zero attached hydrogens (tertiary/aromatic N) is 2. The van der Waals surface area contributed by atoms with Gasteiger partial charge in [-0.1, -0.05) is 54.6 Å². The summed E-state index contributed by atoms with van der Waals surface area (Å²) in [5.74, 6) is -0.645. The number of aromatic nitrogens is 1. The van der Waals surface area contributed by atoms with Crippen LogP contribution in [0.3, 0.4) is 0 Å². The summed E-state index contributed by atoms with van der Waals surface area (Å²) in [6, 6.07) is 23.6. The quantitative estimate of drug-likeness (QED) is 0.262. The SMILES string of the molecule is CCOC(=O)c1cc(C(=O)c2ccccc2)n2cc(C3CCCCN3C(=O)c3ccccc3)ccc12. The van der Waals surface area contributed by atoms with Gasteiger partial charge >= 0.3 is 5.97 Å². The molecule has 4 aromatic rings. The average molecular weight is 481 g/mol. The number of ether oxygens (including phenoxy) is 1. The van der Waals surface area contributed by atoms with Crippen LogP contribution in [0.1, 0.15) is 74.6 Å². The zero-order valence-corrected chi connectivity index (χ0v) is 20.2. The average Bonchev–Trinajstić information content (AvgIpc) is 3.32. The number of carbonyl (C=O) groups excluding carboxylic acids is 3. The summed E-state index contributed by atoms with van der Waals surface area (Å²) in [6.45, 7) is 2.67. The molecular weight excluding hydrogens is 452 g/mol. The van der Waals surface area contributed by atoms with Gasteiger partial charge in [-0.3, -0.25) is 9.59 Å². The van der Waals surface area contributed by atoms with Crippen LogP contribution >= 0.6 is 0 Å². The molecule has 0 bridgehead atoms. The summed E-state index contributed by atoms with van der Waals surface area (Å²) in [7, 11) is 0. The van der Waals surface area contributed by atoms with Gasteiger partial charge in [0.05, 0.1) is 29.4 Å². The first kappa shape index (κ1) is 23.5. The summed E-state index contributed by atoms with van der Waals surface area (Å²) in [5, 5.41) is 0. The summed E-state index contributed by atoms with van der Waals surface area (Å²) >= 11 is 0. The van der Waals surface area contributed by atoms with Crippen LogP contribution in [0.5, 0.6) is 0 Å². The van der Waals surface area contributed by atoms with Gasteiger partial charge in [-0.25, -0.2) is 4.79 Å². The molecule has 1 unspecified atom stereocenters. The van der Waals surface area contributed by atoms with Gasteiger partial charge in [-0.15, -0.1) is 0 Å². The second-order valence-corrected chi connectivity index (χ2v) is 8.95. The lowest BCUT2D eigenvalue weighted by atomic mass is 9.95. The summed E-state index contributed by atoms with van der Waals surface area (Å²) in [4.78, 5) is 41.5. The number of pyridine rings is 1. The number of esters is 1. The maximum Gasteiger partial charge on any atom is 0.340 e. The van der Waals surface area contributed by atoms with Gasteiger partial charge in [-0.2, -0.15) is 0 Å². The topological polar surface area (TPSA) is 68.1 Å². The first-order valence-corrected chi connectivity index (χ1v) is 12.4. The fourth-order valence-electron chi connectivity index (χ4n) is 4.97. The molecular formula is C30H28N2O4. The first-order chi connectivity index (χ1) is 17.6. The highest BCUT2D eigenvalue weighted by molar-refractivity contribution is 6.11. The summed E-state index contributed by atoms with van der Waals surface area (Å²) < 4.78 is 7.04. The molecule has 0 saturated carbocycles. The summed E-state index contributed by atoms with van der Waals surface area (Å²) in [5.41, 5.74) is 3.47. The molecule has 2 aromatic carbocycles. The number of likely N-dealkylation sites (tertiary alicyclic amines) is 1. The first-order valence-electron chi connectivity index (χ1n) is 12.4. The standard InChI is InChI=1S/C30H28N2O4/c1-2-36-30(35)24-19-27(28(33)21-11-5-3-6-12-21)32-20-23(16-17-26(24)32)25-15-9-10-18-31(25)29(34)22-13-7-4-8-14-22/h3-8,11-14,16-17,19-20,25H,2,9-10,15,18H2,1H3. The lowest BCUT2D eigenvalue weighted by molar-refractivity contribution is 0.0528. The molecule has 0 radical (unpaired) electrons. The second kappa shape index (κ2) is 10.2. The molecule has 1 atom stereocenters. The van der Waals surface area contributed by atoms with Crippen LogP contribution in [0.25, 0.3) is 5.52 Å². The van der Waals surface area contributed by atoms with Gasteiger partial charge in [0.15, 0.2) is 0 Å². The Hall–Kier alpha value is -4.19. The number of amides is 1. The van der Waals surface area contributed by atoms with Crippen molar-refractivity contribution in [1.29, 1.82) is 0 Å². The highest BCUT2D eigenvalue weighted by Crippen LogP contribution is 2.33. The predicted octanol–water partition coefficient (Wildman–Crippen LogP) is 5.71. The molecule has 182 valence electrons. The maximum atomic E-state index is 13.5. The van der Waals surface area contributed by atoms with E-state index in [0.29, 0.717) is 34.4 Å². The van der Waals surface area contributed by atoms with Crippen molar-refractivity contribution in [2.45, 2.75) is 32.2 Å². The molecule has 6 heteroatoms. The van der Waals surface area contributed by atoms with Crippen LogP contribution in [-0.4, -0.2) is 40.1 Å². The van der Waals surface area contributed by atoms with E-state index in [0.717, 1.165) is 24.8 Å². The Morgan fingerprint density at radius 1 is 0.889 bits per heavy atom. The van der Waals surface area contributed by atoms with E-state index in [2.05, 4.69) is 0 Å². The van der Waals surface area contributed by atoms with Gasteiger partial charge in [0, 0.05) is 23.9 Å². The van der Waals surface area contributed by atoms with Gasteiger partial charge in [0.25, 0.3) is 5.91 Å². The third-order valence-corrected chi connectivity index (χ3v) is 6.72. The van der Waals surface area contributed by atoms with E-state index in [9.17, 15) is 14.4 Å². The van der Waals surface area contributed by atoms with Crippen molar-refractivity contribution in [1.82, 2.24) is 9.30 Å². The van der Waals surface area contributed by atoms with E-state index in [-0.39, 0.29) is 24.3 Å². The Morgan fingerprint density at radius 2 is 1.58 bits per heavy atom. The molecule has 1 aliphatic heterocycles. The molecule has 36 heavy (non-hydrogen) atoms. The minimum absolute atomic E-state index is 0.000649. The smallest absolute Gasteiger partial charge is 0.340 e. The minimum Gasteiger partial charge on any atom is -0.462 e. The van der Waals surface area contributed by atoms with Crippen molar-refractivity contribution >= 4 is 23.2 Å². The normalized spacial score (nSPS) is 15.6. The van der Waals surface area contributed by atoms with E-state index >= 15 is 0 Å². The molecule has 6 nitrogen and oxygen atoms in total. The van der Waals surface area contributed by atoms with Crippen LogP contribution in [0.15, 0.2) is 85.1 Å². The predicted molar refractivity (Wildman–Crippen MR) is 137 cm³/mol. The van der Waals surface area contributed by atoms with Gasteiger partial charge < -0.3 is 14.0 Å². The van der Waals surface area contributed by atoms with Crippen molar-refractivity contribution in [3.05, 3.63) is 113 Å². The molecule has 0 N–H and O–H groups in total. The zero-order chi connectivity index (χ0) is 25.1. The Morgan fingerprint density at radius 3 is 2.28 bits per heavy atom. The van der Waals surface area contributed by atoms with Gasteiger partial charge in [-0.05, 0) is 56.0 Å². The number of rotatable bonds is 6. The van der Waals surface area contributed by atoms with Crippen LogP contribution < -0.4 is 0 Å². The Kier molecular flexibility index (Phi) is 6.67. The number of hydrogen-bond acceptors (Lipinski definition) is 4. The van der Waals surface area contributed by atoms with Gasteiger partial charge in [0.2, 0.25) is 5.78 Å². The number of ketones is 1. The fourth-order valence-corrected chi connectivity index (χ4v) is 4.97. The molecule has 5 rings (SSSR count). The van der Waals surface area contributed by atoms with Crippen LogP contribution in [0.2, 0.25) is 0 Å². The highest BCUT2D eigenvalue weighted by Gasteiger charge is 2.30. The third kappa shape index (κ3) is 4.42. The molecule has 1 saturated heterocycles. The molecule has 1 aliphatic rings. The van der Waals surface area contributed by atoms with Crippen molar-refractivity contribution in [3.63, 3.8) is 0 Å². The summed E-state index contributed by atoms with van der Waals surface area (Å²) in [6.07, 6.45) is 4.69. The second-order valence-electron chi connectivity index (χ2n) is 8.95. The third-order valence-electron chi connectivity index (χ3n) is 6.72. The van der Waals surface area contributed by atoms with Crippen molar-refractivity contribution in [3.8, 4) is 0 Å². The zero-order valence-electron chi connectivity index (χ0n) is 20.2. The molecule has 0 spiro atoms. The Balaban J connectivity index is 1.59. The monoisotopic (exact) mass is 480 g/mol. The molecule has 1 fully saturated rings. The van der Waals surface area contributed by atoms with E-state index < -0.39 is 5.97 Å². The van der Waals surface area contributed by atoms with Crippen molar-refractivity contribution < 1.29 is 19.1 Å². The van der Waals surface area contributed by atoms with E-state index in [1.165, 1.54) is 0 Å². The van der Waals surface area contributed by atoms with Gasteiger partial charge in [0.1, 0.15) is 0 Å². The Bertz CT molecular complexity index is 1410. The minimum atomic E-state index is -0.464. The van der Waals surface area contributed by atoms with Crippen LogP contribution in [-0.2, 0) is 4.74 Å².